The first-order valence-electron chi connectivity index (χ1n) is 3.71. The number of carbonyl (C=O) groups is 1. The highest BCUT2D eigenvalue weighted by Crippen LogP contribution is 2.24. The highest BCUT2D eigenvalue weighted by molar-refractivity contribution is 5.65. The van der Waals surface area contributed by atoms with E-state index in [1.165, 1.54) is 0 Å². The van der Waals surface area contributed by atoms with E-state index < -0.39 is 11.7 Å². The summed E-state index contributed by atoms with van der Waals surface area (Å²) in [4.78, 5) is 10.4. The van der Waals surface area contributed by atoms with Gasteiger partial charge in [0.2, 0.25) is 0 Å². The first-order chi connectivity index (χ1) is 5.02. The average molecular weight is 158 g/mol. The van der Waals surface area contributed by atoms with E-state index in [2.05, 4.69) is 5.32 Å². The van der Waals surface area contributed by atoms with Gasteiger partial charge < -0.3 is 15.8 Å². The van der Waals surface area contributed by atoms with Crippen LogP contribution in [0.3, 0.4) is 0 Å². The first kappa shape index (κ1) is 8.33. The summed E-state index contributed by atoms with van der Waals surface area (Å²) in [5.74, 6) is 0.398. The third-order valence-electron chi connectivity index (χ3n) is 2.13. The lowest BCUT2D eigenvalue weighted by Gasteiger charge is -2.39. The molecule has 1 heterocycles. The molecule has 0 saturated carbocycles. The van der Waals surface area contributed by atoms with E-state index in [9.17, 15) is 4.79 Å². The maximum absolute atomic E-state index is 10.4. The topological polar surface area (TPSA) is 64.3 Å². The van der Waals surface area contributed by atoms with Gasteiger partial charge in [0.1, 0.15) is 5.60 Å². The predicted octanol–water partition coefficient (Wildman–Crippen LogP) is 0.0797. The van der Waals surface area contributed by atoms with Crippen LogP contribution in [0.1, 0.15) is 13.8 Å². The molecule has 0 aromatic carbocycles. The molecule has 0 radical (unpaired) electrons. The van der Waals surface area contributed by atoms with Crippen LogP contribution in [-0.4, -0.2) is 24.8 Å². The molecule has 0 aromatic rings. The van der Waals surface area contributed by atoms with Gasteiger partial charge in [0.05, 0.1) is 0 Å². The first-order valence-corrected chi connectivity index (χ1v) is 3.71. The van der Waals surface area contributed by atoms with Crippen LogP contribution < -0.4 is 11.1 Å². The van der Waals surface area contributed by atoms with E-state index >= 15 is 0 Å². The lowest BCUT2D eigenvalue weighted by Crippen LogP contribution is -2.55. The van der Waals surface area contributed by atoms with Crippen molar-refractivity contribution >= 4 is 6.09 Å². The molecule has 64 valence electrons. The second-order valence-electron chi connectivity index (χ2n) is 3.38. The molecule has 0 bridgehead atoms. The Morgan fingerprint density at radius 2 is 2.18 bits per heavy atom. The van der Waals surface area contributed by atoms with Crippen molar-refractivity contribution in [1.82, 2.24) is 5.32 Å². The SMILES string of the molecule is CC(C)(OC(N)=O)C1CNC1. The molecule has 0 spiro atoms. The lowest BCUT2D eigenvalue weighted by molar-refractivity contribution is -0.0194. The summed E-state index contributed by atoms with van der Waals surface area (Å²) < 4.78 is 4.94. The van der Waals surface area contributed by atoms with Crippen LogP contribution in [0.2, 0.25) is 0 Å². The number of ether oxygens (including phenoxy) is 1. The van der Waals surface area contributed by atoms with E-state index in [0.717, 1.165) is 13.1 Å². The number of rotatable bonds is 2. The number of carbonyl (C=O) groups excluding carboxylic acids is 1. The molecule has 1 aliphatic rings. The quantitative estimate of drug-likeness (QED) is 0.598. The fourth-order valence-electron chi connectivity index (χ4n) is 1.12. The fourth-order valence-corrected chi connectivity index (χ4v) is 1.12. The van der Waals surface area contributed by atoms with E-state index in [1.807, 2.05) is 13.8 Å². The van der Waals surface area contributed by atoms with E-state index in [0.29, 0.717) is 5.92 Å². The largest absolute Gasteiger partial charge is 0.443 e. The van der Waals surface area contributed by atoms with Gasteiger partial charge in [-0.1, -0.05) is 0 Å². The summed E-state index contributed by atoms with van der Waals surface area (Å²) in [5, 5.41) is 3.11. The van der Waals surface area contributed by atoms with Crippen molar-refractivity contribution in [2.45, 2.75) is 19.4 Å². The van der Waals surface area contributed by atoms with Crippen molar-refractivity contribution in [2.24, 2.45) is 11.7 Å². The van der Waals surface area contributed by atoms with Crippen LogP contribution in [0.5, 0.6) is 0 Å². The van der Waals surface area contributed by atoms with Crippen molar-refractivity contribution in [2.75, 3.05) is 13.1 Å². The molecule has 4 nitrogen and oxygen atoms in total. The molecule has 0 atom stereocenters. The summed E-state index contributed by atoms with van der Waals surface area (Å²) in [7, 11) is 0. The van der Waals surface area contributed by atoms with Gasteiger partial charge in [-0.3, -0.25) is 0 Å². The van der Waals surface area contributed by atoms with E-state index in [-0.39, 0.29) is 0 Å². The van der Waals surface area contributed by atoms with Crippen molar-refractivity contribution in [3.63, 3.8) is 0 Å². The van der Waals surface area contributed by atoms with Gasteiger partial charge >= 0.3 is 6.09 Å². The molecular weight excluding hydrogens is 144 g/mol. The van der Waals surface area contributed by atoms with Gasteiger partial charge in [0.15, 0.2) is 0 Å². The Morgan fingerprint density at radius 1 is 1.64 bits per heavy atom. The van der Waals surface area contributed by atoms with Crippen LogP contribution in [0.4, 0.5) is 4.79 Å². The Hall–Kier alpha value is -0.770. The minimum Gasteiger partial charge on any atom is -0.443 e. The summed E-state index contributed by atoms with van der Waals surface area (Å²) in [6.45, 7) is 5.56. The highest BCUT2D eigenvalue weighted by Gasteiger charge is 2.36. The van der Waals surface area contributed by atoms with Gasteiger partial charge in [-0.25, -0.2) is 4.79 Å². The molecule has 1 fully saturated rings. The molecule has 0 aliphatic carbocycles. The number of hydrogen-bond acceptors (Lipinski definition) is 3. The number of amides is 1. The monoisotopic (exact) mass is 158 g/mol. The standard InChI is InChI=1S/C7H14N2O2/c1-7(2,11-6(8)10)5-3-9-4-5/h5,9H,3-4H2,1-2H3,(H2,8,10). The van der Waals surface area contributed by atoms with Crippen LogP contribution in [0.25, 0.3) is 0 Å². The Morgan fingerprint density at radius 3 is 2.45 bits per heavy atom. The molecule has 1 saturated heterocycles. The summed E-state index contributed by atoms with van der Waals surface area (Å²) in [6.07, 6.45) is -0.693. The summed E-state index contributed by atoms with van der Waals surface area (Å²) in [5.41, 5.74) is 4.49. The zero-order valence-electron chi connectivity index (χ0n) is 6.89. The van der Waals surface area contributed by atoms with Gasteiger partial charge in [0.25, 0.3) is 0 Å². The maximum atomic E-state index is 10.4. The number of hydrogen-bond donors (Lipinski definition) is 2. The highest BCUT2D eigenvalue weighted by atomic mass is 16.6. The van der Waals surface area contributed by atoms with Crippen molar-refractivity contribution < 1.29 is 9.53 Å². The Bertz CT molecular complexity index is 164. The molecular formula is C7H14N2O2. The van der Waals surface area contributed by atoms with Crippen LogP contribution in [0, 0.1) is 5.92 Å². The van der Waals surface area contributed by atoms with Crippen molar-refractivity contribution in [3.8, 4) is 0 Å². The molecule has 3 N–H and O–H groups in total. The minimum absolute atomic E-state index is 0.398. The lowest BCUT2D eigenvalue weighted by atomic mass is 9.86. The zero-order chi connectivity index (χ0) is 8.48. The third-order valence-corrected chi connectivity index (χ3v) is 2.13. The van der Waals surface area contributed by atoms with Crippen LogP contribution in [0.15, 0.2) is 0 Å². The minimum atomic E-state index is -0.693. The van der Waals surface area contributed by atoms with Crippen LogP contribution >= 0.6 is 0 Å². The smallest absolute Gasteiger partial charge is 0.405 e. The number of nitrogens with two attached hydrogens (primary N) is 1. The molecule has 0 aromatic heterocycles. The Labute approximate surface area is 66.1 Å². The Kier molecular flexibility index (Phi) is 2.04. The van der Waals surface area contributed by atoms with Crippen molar-refractivity contribution in [3.05, 3.63) is 0 Å². The van der Waals surface area contributed by atoms with Gasteiger partial charge in [-0.15, -0.1) is 0 Å². The molecule has 1 amide bonds. The Balaban J connectivity index is 2.43. The van der Waals surface area contributed by atoms with Crippen molar-refractivity contribution in [1.29, 1.82) is 0 Å². The van der Waals surface area contributed by atoms with Gasteiger partial charge in [0, 0.05) is 19.0 Å². The number of nitrogens with one attached hydrogen (secondary N) is 1. The normalized spacial score (nSPS) is 19.1. The van der Waals surface area contributed by atoms with Gasteiger partial charge in [-0.05, 0) is 13.8 Å². The van der Waals surface area contributed by atoms with Gasteiger partial charge in [-0.2, -0.15) is 0 Å². The maximum Gasteiger partial charge on any atom is 0.405 e. The number of primary amides is 1. The zero-order valence-corrected chi connectivity index (χ0v) is 6.89. The molecule has 1 aliphatic heterocycles. The summed E-state index contributed by atoms with van der Waals surface area (Å²) >= 11 is 0. The average Bonchev–Trinajstić information content (AvgIpc) is 1.50. The second-order valence-corrected chi connectivity index (χ2v) is 3.38. The molecule has 0 unspecified atom stereocenters. The van der Waals surface area contributed by atoms with E-state index in [4.69, 9.17) is 10.5 Å². The third kappa shape index (κ3) is 1.83. The summed E-state index contributed by atoms with van der Waals surface area (Å²) in [6, 6.07) is 0. The molecule has 1 rings (SSSR count). The van der Waals surface area contributed by atoms with Crippen LogP contribution in [-0.2, 0) is 4.74 Å². The second kappa shape index (κ2) is 2.70. The predicted molar refractivity (Wildman–Crippen MR) is 41.1 cm³/mol. The fraction of sp³-hybridized carbons (Fsp3) is 0.857. The molecule has 11 heavy (non-hydrogen) atoms. The van der Waals surface area contributed by atoms with E-state index in [1.54, 1.807) is 0 Å². The molecule has 4 heteroatoms.